The molecule has 1 aromatic carbocycles. The lowest BCUT2D eigenvalue weighted by molar-refractivity contribution is -0.133. The first-order valence-corrected chi connectivity index (χ1v) is 7.88. The van der Waals surface area contributed by atoms with Crippen molar-refractivity contribution in [3.63, 3.8) is 0 Å². The van der Waals surface area contributed by atoms with E-state index >= 15 is 0 Å². The molecule has 2 N–H and O–H groups in total. The minimum absolute atomic E-state index is 0. The van der Waals surface area contributed by atoms with Gasteiger partial charge in [-0.1, -0.05) is 30.3 Å². The second-order valence-corrected chi connectivity index (χ2v) is 5.98. The number of piperidine rings is 1. The molecule has 1 aliphatic heterocycles. The van der Waals surface area contributed by atoms with Crippen molar-refractivity contribution in [3.8, 4) is 0 Å². The zero-order valence-corrected chi connectivity index (χ0v) is 14.8. The number of likely N-dealkylation sites (N-methyl/N-ethyl adjacent to an activating group) is 1. The molecule has 2 unspecified atom stereocenters. The molecule has 1 heterocycles. The van der Waals surface area contributed by atoms with Crippen LogP contribution in [-0.4, -0.2) is 61.6 Å². The number of methoxy groups -OCH3 is 1. The highest BCUT2D eigenvalue weighted by Crippen LogP contribution is 2.19. The summed E-state index contributed by atoms with van der Waals surface area (Å²) in [6.07, 6.45) is 2.13. The van der Waals surface area contributed by atoms with E-state index in [4.69, 9.17) is 10.5 Å². The van der Waals surface area contributed by atoms with Crippen LogP contribution in [0.1, 0.15) is 18.4 Å². The molecule has 0 spiro atoms. The van der Waals surface area contributed by atoms with Crippen LogP contribution < -0.4 is 5.73 Å². The Bertz CT molecular complexity index is 472. The third-order valence-corrected chi connectivity index (χ3v) is 4.42. The number of benzene rings is 1. The monoisotopic (exact) mass is 341 g/mol. The summed E-state index contributed by atoms with van der Waals surface area (Å²) >= 11 is 0. The second kappa shape index (κ2) is 9.88. The number of carbonyl (C=O) groups excluding carboxylic acids is 1. The zero-order valence-electron chi connectivity index (χ0n) is 14.0. The number of ether oxygens (including phenoxy) is 1. The molecular formula is C17H28ClN3O2. The Labute approximate surface area is 145 Å². The molecule has 2 rings (SSSR count). The number of rotatable bonds is 6. The van der Waals surface area contributed by atoms with E-state index in [0.717, 1.165) is 24.9 Å². The molecule has 5 nitrogen and oxygen atoms in total. The zero-order chi connectivity index (χ0) is 15.9. The summed E-state index contributed by atoms with van der Waals surface area (Å²) < 4.78 is 5.43. The van der Waals surface area contributed by atoms with Gasteiger partial charge < -0.3 is 15.4 Å². The number of hydrogen-bond acceptors (Lipinski definition) is 4. The number of likely N-dealkylation sites (tertiary alicyclic amines) is 1. The van der Waals surface area contributed by atoms with Gasteiger partial charge in [0.25, 0.3) is 0 Å². The van der Waals surface area contributed by atoms with Gasteiger partial charge in [0.2, 0.25) is 5.91 Å². The lowest BCUT2D eigenvalue weighted by Crippen LogP contribution is -2.51. The number of nitrogens with two attached hydrogens (primary N) is 1. The van der Waals surface area contributed by atoms with Crippen LogP contribution in [0, 0.1) is 0 Å². The van der Waals surface area contributed by atoms with E-state index in [1.807, 2.05) is 37.4 Å². The molecule has 0 aliphatic carbocycles. The number of carbonyl (C=O) groups is 1. The van der Waals surface area contributed by atoms with Crippen molar-refractivity contribution in [2.24, 2.45) is 5.73 Å². The molecule has 1 aromatic rings. The normalized spacial score (nSPS) is 21.5. The van der Waals surface area contributed by atoms with Crippen LogP contribution in [0.15, 0.2) is 30.3 Å². The summed E-state index contributed by atoms with van der Waals surface area (Å²) in [6, 6.07) is 10.3. The third kappa shape index (κ3) is 5.77. The number of amides is 1. The van der Waals surface area contributed by atoms with Crippen LogP contribution in [-0.2, 0) is 16.1 Å². The Hall–Kier alpha value is -1.14. The summed E-state index contributed by atoms with van der Waals surface area (Å²) in [6.45, 7) is 2.50. The Balaban J connectivity index is 0.00000264. The summed E-state index contributed by atoms with van der Waals surface area (Å²) in [5.74, 6) is 0.137. The highest BCUT2D eigenvalue weighted by atomic mass is 35.5. The van der Waals surface area contributed by atoms with Gasteiger partial charge in [0.1, 0.15) is 0 Å². The van der Waals surface area contributed by atoms with Gasteiger partial charge >= 0.3 is 0 Å². The maximum absolute atomic E-state index is 12.4. The minimum atomic E-state index is 0. The molecule has 0 bridgehead atoms. The van der Waals surface area contributed by atoms with Crippen molar-refractivity contribution in [3.05, 3.63) is 35.9 Å². The van der Waals surface area contributed by atoms with Crippen LogP contribution in [0.2, 0.25) is 0 Å². The summed E-state index contributed by atoms with van der Waals surface area (Å²) in [4.78, 5) is 16.4. The minimum Gasteiger partial charge on any atom is -0.381 e. The molecule has 1 amide bonds. The topological polar surface area (TPSA) is 58.8 Å². The fourth-order valence-electron chi connectivity index (χ4n) is 2.97. The van der Waals surface area contributed by atoms with E-state index in [9.17, 15) is 4.79 Å². The van der Waals surface area contributed by atoms with Crippen LogP contribution in [0.5, 0.6) is 0 Å². The molecule has 2 atom stereocenters. The smallest absolute Gasteiger partial charge is 0.236 e. The van der Waals surface area contributed by atoms with Gasteiger partial charge in [0.05, 0.1) is 12.6 Å². The van der Waals surface area contributed by atoms with Crippen LogP contribution in [0.25, 0.3) is 0 Å². The first-order valence-electron chi connectivity index (χ1n) is 7.88. The molecule has 6 heteroatoms. The van der Waals surface area contributed by atoms with Crippen molar-refractivity contribution in [2.45, 2.75) is 31.5 Å². The largest absolute Gasteiger partial charge is 0.381 e. The quantitative estimate of drug-likeness (QED) is 0.852. The van der Waals surface area contributed by atoms with E-state index in [0.29, 0.717) is 19.6 Å². The van der Waals surface area contributed by atoms with E-state index in [1.165, 1.54) is 0 Å². The highest BCUT2D eigenvalue weighted by Gasteiger charge is 2.29. The third-order valence-electron chi connectivity index (χ3n) is 4.42. The first kappa shape index (κ1) is 19.9. The van der Waals surface area contributed by atoms with Gasteiger partial charge in [0.15, 0.2) is 0 Å². The van der Waals surface area contributed by atoms with Gasteiger partial charge in [0, 0.05) is 39.8 Å². The van der Waals surface area contributed by atoms with Gasteiger partial charge in [-0.25, -0.2) is 0 Å². The molecule has 130 valence electrons. The molecule has 23 heavy (non-hydrogen) atoms. The number of hydrogen-bond donors (Lipinski definition) is 1. The van der Waals surface area contributed by atoms with Gasteiger partial charge in [-0.2, -0.15) is 0 Å². The highest BCUT2D eigenvalue weighted by molar-refractivity contribution is 5.85. The average molecular weight is 342 g/mol. The SMILES string of the molecule is COC1CCN(CC(=O)N(C)Cc2ccccc2)C(CN)C1.Cl. The second-order valence-electron chi connectivity index (χ2n) is 5.98. The van der Waals surface area contributed by atoms with E-state index in [-0.39, 0.29) is 30.5 Å². The van der Waals surface area contributed by atoms with E-state index in [1.54, 1.807) is 12.0 Å². The summed E-state index contributed by atoms with van der Waals surface area (Å²) in [7, 11) is 3.60. The Kier molecular flexibility index (Phi) is 8.55. The molecule has 0 saturated carbocycles. The fraction of sp³-hybridized carbons (Fsp3) is 0.588. The molecular weight excluding hydrogens is 314 g/mol. The van der Waals surface area contributed by atoms with Crippen molar-refractivity contribution < 1.29 is 9.53 Å². The molecule has 0 aromatic heterocycles. The molecule has 1 saturated heterocycles. The van der Waals surface area contributed by atoms with Crippen molar-refractivity contribution in [2.75, 3.05) is 33.8 Å². The van der Waals surface area contributed by atoms with Crippen molar-refractivity contribution >= 4 is 18.3 Å². The predicted molar refractivity (Wildman–Crippen MR) is 94.6 cm³/mol. The number of halogens is 1. The van der Waals surface area contributed by atoms with Crippen molar-refractivity contribution in [1.29, 1.82) is 0 Å². The lowest BCUT2D eigenvalue weighted by Gasteiger charge is -2.38. The van der Waals surface area contributed by atoms with Gasteiger partial charge in [-0.05, 0) is 18.4 Å². The van der Waals surface area contributed by atoms with Gasteiger partial charge in [-0.15, -0.1) is 12.4 Å². The molecule has 0 radical (unpaired) electrons. The summed E-state index contributed by atoms with van der Waals surface area (Å²) in [5, 5.41) is 0. The Morgan fingerprint density at radius 3 is 2.70 bits per heavy atom. The predicted octanol–water partition coefficient (Wildman–Crippen LogP) is 1.50. The van der Waals surface area contributed by atoms with E-state index in [2.05, 4.69) is 4.90 Å². The maximum atomic E-state index is 12.4. The molecule has 1 aliphatic rings. The Morgan fingerprint density at radius 1 is 1.39 bits per heavy atom. The van der Waals surface area contributed by atoms with Crippen molar-refractivity contribution in [1.82, 2.24) is 9.80 Å². The fourth-order valence-corrected chi connectivity index (χ4v) is 2.97. The Morgan fingerprint density at radius 2 is 2.09 bits per heavy atom. The summed E-state index contributed by atoms with van der Waals surface area (Å²) in [5.41, 5.74) is 7.01. The van der Waals surface area contributed by atoms with Crippen LogP contribution >= 0.6 is 12.4 Å². The molecule has 1 fully saturated rings. The number of nitrogens with zero attached hydrogens (tertiary/aromatic N) is 2. The lowest BCUT2D eigenvalue weighted by atomic mass is 9.99. The average Bonchev–Trinajstić information content (AvgIpc) is 2.56. The standard InChI is InChI=1S/C17H27N3O2.ClH/c1-19(12-14-6-4-3-5-7-14)17(21)13-20-9-8-16(22-2)10-15(20)11-18;/h3-7,15-16H,8-13,18H2,1-2H3;1H. The van der Waals surface area contributed by atoms with Gasteiger partial charge in [-0.3, -0.25) is 9.69 Å². The van der Waals surface area contributed by atoms with Crippen LogP contribution in [0.4, 0.5) is 0 Å². The maximum Gasteiger partial charge on any atom is 0.236 e. The van der Waals surface area contributed by atoms with E-state index < -0.39 is 0 Å². The first-order chi connectivity index (χ1) is 10.6. The van der Waals surface area contributed by atoms with Crippen LogP contribution in [0.3, 0.4) is 0 Å².